The van der Waals surface area contributed by atoms with Crippen molar-refractivity contribution in [2.45, 2.75) is 50.6 Å². The van der Waals surface area contributed by atoms with Gasteiger partial charge >= 0.3 is 0 Å². The maximum atomic E-state index is 13.4. The lowest BCUT2D eigenvalue weighted by Gasteiger charge is -2.39. The van der Waals surface area contributed by atoms with Crippen molar-refractivity contribution < 1.29 is 19.2 Å². The summed E-state index contributed by atoms with van der Waals surface area (Å²) < 4.78 is 0. The number of carbonyl (C=O) groups is 4. The molecule has 0 aromatic heterocycles. The fourth-order valence-corrected chi connectivity index (χ4v) is 5.69. The first-order chi connectivity index (χ1) is 15.9. The van der Waals surface area contributed by atoms with Crippen molar-refractivity contribution in [2.75, 3.05) is 37.6 Å². The number of fused-ring (bicyclic) bond motifs is 1. The van der Waals surface area contributed by atoms with Crippen molar-refractivity contribution in [2.24, 2.45) is 11.7 Å². The molecule has 2 atom stereocenters. The van der Waals surface area contributed by atoms with Crippen molar-refractivity contribution in [3.05, 3.63) is 29.3 Å². The van der Waals surface area contributed by atoms with Crippen molar-refractivity contribution in [1.29, 1.82) is 0 Å². The van der Waals surface area contributed by atoms with E-state index in [1.165, 1.54) is 0 Å². The lowest BCUT2D eigenvalue weighted by atomic mass is 9.94. The molecular weight excluding hydrogens is 422 g/mol. The van der Waals surface area contributed by atoms with Gasteiger partial charge in [-0.3, -0.25) is 29.4 Å². The van der Waals surface area contributed by atoms with E-state index in [0.717, 1.165) is 69.0 Å². The van der Waals surface area contributed by atoms with Crippen LogP contribution in [0.1, 0.15) is 59.2 Å². The van der Waals surface area contributed by atoms with Gasteiger partial charge in [-0.1, -0.05) is 6.07 Å². The fraction of sp³-hybridized carbons (Fsp3) is 0.583. The van der Waals surface area contributed by atoms with Gasteiger partial charge in [0.15, 0.2) is 0 Å². The molecule has 0 aliphatic carbocycles. The molecule has 2 unspecified atom stereocenters. The Morgan fingerprint density at radius 3 is 2.52 bits per heavy atom. The molecule has 0 saturated carbocycles. The van der Waals surface area contributed by atoms with Crippen LogP contribution in [0.15, 0.2) is 18.2 Å². The minimum atomic E-state index is -0.942. The molecule has 1 aromatic rings. The number of nitrogens with two attached hydrogens (primary N) is 1. The third-order valence-electron chi connectivity index (χ3n) is 7.45. The lowest BCUT2D eigenvalue weighted by Crippen LogP contribution is -2.54. The molecule has 0 bridgehead atoms. The first-order valence-electron chi connectivity index (χ1n) is 12.0. The van der Waals surface area contributed by atoms with Gasteiger partial charge in [0.25, 0.3) is 11.8 Å². The first kappa shape index (κ1) is 22.0. The Morgan fingerprint density at radius 2 is 1.76 bits per heavy atom. The molecule has 176 valence electrons. The van der Waals surface area contributed by atoms with Crippen LogP contribution in [-0.4, -0.2) is 78.2 Å². The summed E-state index contributed by atoms with van der Waals surface area (Å²) in [5.74, 6) is -1.36. The number of likely N-dealkylation sites (tertiary alicyclic amines) is 1. The summed E-state index contributed by atoms with van der Waals surface area (Å²) in [5, 5.41) is 2.25. The SMILES string of the molecule is NC1CCN(CC2CCCN(c3cccc4c3C(=O)N(C3CCC(=O)NC3=O)C4=O)C2)CC1. The minimum absolute atomic E-state index is 0.117. The average molecular weight is 454 g/mol. The topological polar surface area (TPSA) is 116 Å². The number of rotatable bonds is 4. The summed E-state index contributed by atoms with van der Waals surface area (Å²) in [4.78, 5) is 56.2. The van der Waals surface area contributed by atoms with Crippen LogP contribution in [0.3, 0.4) is 0 Å². The van der Waals surface area contributed by atoms with Crippen LogP contribution in [0.2, 0.25) is 0 Å². The summed E-state index contributed by atoms with van der Waals surface area (Å²) in [6.07, 6.45) is 4.53. The summed E-state index contributed by atoms with van der Waals surface area (Å²) in [7, 11) is 0. The van der Waals surface area contributed by atoms with E-state index in [-0.39, 0.29) is 18.7 Å². The van der Waals surface area contributed by atoms with Crippen LogP contribution in [0.5, 0.6) is 0 Å². The van der Waals surface area contributed by atoms with Crippen molar-refractivity contribution >= 4 is 29.3 Å². The second-order valence-corrected chi connectivity index (χ2v) is 9.74. The zero-order valence-electron chi connectivity index (χ0n) is 18.8. The zero-order chi connectivity index (χ0) is 23.1. The third-order valence-corrected chi connectivity index (χ3v) is 7.45. The van der Waals surface area contributed by atoms with Crippen LogP contribution in [-0.2, 0) is 9.59 Å². The largest absolute Gasteiger partial charge is 0.371 e. The molecule has 3 saturated heterocycles. The number of anilines is 1. The summed E-state index contributed by atoms with van der Waals surface area (Å²) in [6, 6.07) is 4.74. The first-order valence-corrected chi connectivity index (χ1v) is 12.0. The van der Waals surface area contributed by atoms with Crippen LogP contribution < -0.4 is 16.0 Å². The van der Waals surface area contributed by atoms with Gasteiger partial charge in [0, 0.05) is 32.1 Å². The van der Waals surface area contributed by atoms with Gasteiger partial charge in [0.1, 0.15) is 6.04 Å². The van der Waals surface area contributed by atoms with Gasteiger partial charge in [0.05, 0.1) is 16.8 Å². The number of nitrogens with zero attached hydrogens (tertiary/aromatic N) is 3. The molecule has 4 amide bonds. The number of nitrogens with one attached hydrogen (secondary N) is 1. The third kappa shape index (κ3) is 4.15. The van der Waals surface area contributed by atoms with E-state index in [9.17, 15) is 19.2 Å². The van der Waals surface area contributed by atoms with E-state index >= 15 is 0 Å². The molecule has 3 fully saturated rings. The van der Waals surface area contributed by atoms with Gasteiger partial charge in [0.2, 0.25) is 11.8 Å². The van der Waals surface area contributed by atoms with E-state index in [4.69, 9.17) is 5.73 Å². The highest BCUT2D eigenvalue weighted by Crippen LogP contribution is 2.36. The minimum Gasteiger partial charge on any atom is -0.371 e. The Bertz CT molecular complexity index is 987. The number of hydrogen-bond acceptors (Lipinski definition) is 7. The molecule has 9 nitrogen and oxygen atoms in total. The number of benzene rings is 1. The van der Waals surface area contributed by atoms with E-state index in [2.05, 4.69) is 15.1 Å². The highest BCUT2D eigenvalue weighted by molar-refractivity contribution is 6.25. The summed E-state index contributed by atoms with van der Waals surface area (Å²) >= 11 is 0. The molecule has 4 aliphatic heterocycles. The summed E-state index contributed by atoms with van der Waals surface area (Å²) in [5.41, 5.74) is 7.54. The number of carbonyl (C=O) groups excluding carboxylic acids is 4. The second-order valence-electron chi connectivity index (χ2n) is 9.74. The summed E-state index contributed by atoms with van der Waals surface area (Å²) in [6.45, 7) is 4.75. The molecule has 4 aliphatic rings. The molecule has 5 rings (SSSR count). The van der Waals surface area contributed by atoms with Gasteiger partial charge in [-0.25, -0.2) is 0 Å². The molecule has 9 heteroatoms. The molecule has 1 aromatic carbocycles. The zero-order valence-corrected chi connectivity index (χ0v) is 18.8. The highest BCUT2D eigenvalue weighted by Gasteiger charge is 2.46. The molecule has 0 radical (unpaired) electrons. The molecule has 4 heterocycles. The van der Waals surface area contributed by atoms with E-state index in [1.54, 1.807) is 6.07 Å². The Morgan fingerprint density at radius 1 is 0.970 bits per heavy atom. The van der Waals surface area contributed by atoms with E-state index in [1.807, 2.05) is 12.1 Å². The quantitative estimate of drug-likeness (QED) is 0.646. The van der Waals surface area contributed by atoms with E-state index < -0.39 is 23.8 Å². The predicted molar refractivity (Wildman–Crippen MR) is 122 cm³/mol. The smallest absolute Gasteiger partial charge is 0.264 e. The Balaban J connectivity index is 1.34. The molecule has 33 heavy (non-hydrogen) atoms. The van der Waals surface area contributed by atoms with Gasteiger partial charge < -0.3 is 15.5 Å². The highest BCUT2D eigenvalue weighted by atomic mass is 16.2. The number of hydrogen-bond donors (Lipinski definition) is 2. The maximum Gasteiger partial charge on any atom is 0.264 e. The molecular formula is C24H31N5O4. The Hall–Kier alpha value is -2.78. The van der Waals surface area contributed by atoms with Crippen LogP contribution >= 0.6 is 0 Å². The number of piperidine rings is 3. The average Bonchev–Trinajstić information content (AvgIpc) is 3.06. The van der Waals surface area contributed by atoms with Crippen molar-refractivity contribution in [1.82, 2.24) is 15.1 Å². The van der Waals surface area contributed by atoms with Crippen LogP contribution in [0.4, 0.5) is 5.69 Å². The molecule has 3 N–H and O–H groups in total. The van der Waals surface area contributed by atoms with Crippen molar-refractivity contribution in [3.8, 4) is 0 Å². The lowest BCUT2D eigenvalue weighted by molar-refractivity contribution is -0.136. The fourth-order valence-electron chi connectivity index (χ4n) is 5.69. The van der Waals surface area contributed by atoms with Crippen LogP contribution in [0.25, 0.3) is 0 Å². The van der Waals surface area contributed by atoms with Gasteiger partial charge in [-0.15, -0.1) is 0 Å². The Labute approximate surface area is 193 Å². The standard InChI is InChI=1S/C24H31N5O4/c25-16-8-11-27(12-9-16)13-15-3-2-10-28(14-15)18-5-1-4-17-21(18)24(33)29(23(17)32)19-6-7-20(30)26-22(19)31/h1,4-5,15-16,19H,2-3,6-14,25H2,(H,26,30,31). The monoisotopic (exact) mass is 453 g/mol. The normalized spacial score (nSPS) is 27.2. The van der Waals surface area contributed by atoms with Crippen molar-refractivity contribution in [3.63, 3.8) is 0 Å². The number of imide groups is 2. The van der Waals surface area contributed by atoms with Gasteiger partial charge in [-0.2, -0.15) is 0 Å². The second kappa shape index (κ2) is 8.87. The van der Waals surface area contributed by atoms with E-state index in [0.29, 0.717) is 23.1 Å². The number of amides is 4. The van der Waals surface area contributed by atoms with Crippen LogP contribution in [0, 0.1) is 5.92 Å². The Kier molecular flexibility index (Phi) is 5.92. The van der Waals surface area contributed by atoms with Gasteiger partial charge in [-0.05, 0) is 63.2 Å². The maximum absolute atomic E-state index is 13.4. The predicted octanol–water partition coefficient (Wildman–Crippen LogP) is 0.727. The molecule has 0 spiro atoms.